The van der Waals surface area contributed by atoms with E-state index < -0.39 is 0 Å². The summed E-state index contributed by atoms with van der Waals surface area (Å²) >= 11 is 41.6. The molecule has 0 aliphatic rings. The smallest absolute Gasteiger partial charge is 0.147 e. The lowest BCUT2D eigenvalue weighted by Gasteiger charge is -2.13. The molecule has 0 aromatic heterocycles. The van der Waals surface area contributed by atoms with Crippen LogP contribution in [0.5, 0.6) is 23.0 Å². The van der Waals surface area contributed by atoms with Gasteiger partial charge in [0.05, 0.1) is 49.0 Å². The van der Waals surface area contributed by atoms with E-state index in [9.17, 15) is 0 Å². The van der Waals surface area contributed by atoms with Crippen LogP contribution in [0.3, 0.4) is 0 Å². The van der Waals surface area contributed by atoms with E-state index >= 15 is 0 Å². The Bertz CT molecular complexity index is 1420. The zero-order valence-corrected chi connectivity index (χ0v) is 41.4. The highest BCUT2D eigenvalue weighted by atomic mass is 79.9. The van der Waals surface area contributed by atoms with Crippen LogP contribution in [-0.4, -0.2) is 26.4 Å². The predicted molar refractivity (Wildman–Crippen MR) is 225 cm³/mol. The van der Waals surface area contributed by atoms with Crippen LogP contribution < -0.4 is 18.9 Å². The molecule has 4 aromatic rings. The van der Waals surface area contributed by atoms with Gasteiger partial charge in [0, 0.05) is 24.3 Å². The van der Waals surface area contributed by atoms with Gasteiger partial charge in [-0.1, -0.05) is 63.7 Å². The molecule has 0 radical (unpaired) electrons. The minimum Gasteiger partial charge on any atom is -0.491 e. The Hall–Kier alpha value is 1.84. The third-order valence-electron chi connectivity index (χ3n) is 5.21. The number of hydrogen-bond donors (Lipinski definition) is 0. The fourth-order valence-corrected chi connectivity index (χ4v) is 13.3. The SMILES string of the molecule is Brc1cc(Br)c(OCCCOc2c(Br)cc(Br)cc2Br)c(Br)c1.Brc1cc(Br)c(OCCOc2c(Br)cc(Br)cc2Br)c(Br)c1. The minimum absolute atomic E-state index is 0.424. The van der Waals surface area contributed by atoms with Crippen LogP contribution >= 0.6 is 191 Å². The van der Waals surface area contributed by atoms with E-state index in [1.165, 1.54) is 0 Å². The molecule has 0 bridgehead atoms. The number of ether oxygens (including phenoxy) is 4. The highest BCUT2D eigenvalue weighted by Crippen LogP contribution is 2.39. The van der Waals surface area contributed by atoms with E-state index in [0.717, 1.165) is 83.1 Å². The second-order valence-electron chi connectivity index (χ2n) is 8.54. The molecule has 242 valence electrons. The molecular formula is C29H18Br12O4. The lowest BCUT2D eigenvalue weighted by atomic mass is 10.3. The molecule has 0 aliphatic heterocycles. The van der Waals surface area contributed by atoms with Crippen molar-refractivity contribution in [3.63, 3.8) is 0 Å². The number of benzene rings is 4. The van der Waals surface area contributed by atoms with Crippen molar-refractivity contribution in [3.05, 3.63) is 102 Å². The van der Waals surface area contributed by atoms with Gasteiger partial charge in [0.15, 0.2) is 0 Å². The second-order valence-corrected chi connectivity index (χ2v) is 19.0. The summed E-state index contributed by atoms with van der Waals surface area (Å²) in [5.74, 6) is 3.08. The maximum absolute atomic E-state index is 5.81. The number of hydrogen-bond acceptors (Lipinski definition) is 4. The molecule has 45 heavy (non-hydrogen) atoms. The first kappa shape index (κ1) is 41.3. The molecule has 0 heterocycles. The van der Waals surface area contributed by atoms with E-state index in [0.29, 0.717) is 26.4 Å². The van der Waals surface area contributed by atoms with Crippen molar-refractivity contribution in [1.29, 1.82) is 0 Å². The van der Waals surface area contributed by atoms with Gasteiger partial charge in [0.1, 0.15) is 36.2 Å². The lowest BCUT2D eigenvalue weighted by Crippen LogP contribution is -2.10. The molecule has 4 aromatic carbocycles. The van der Waals surface area contributed by atoms with Gasteiger partial charge in [-0.05, 0) is 176 Å². The summed E-state index contributed by atoms with van der Waals surface area (Å²) in [4.78, 5) is 0. The predicted octanol–water partition coefficient (Wildman–Crippen LogP) is 15.8. The first-order chi connectivity index (χ1) is 21.3. The average molecular weight is 1390 g/mol. The summed E-state index contributed by atoms with van der Waals surface area (Å²) in [6.45, 7) is 1.97. The van der Waals surface area contributed by atoms with Crippen molar-refractivity contribution >= 4 is 191 Å². The molecule has 0 amide bonds. The largest absolute Gasteiger partial charge is 0.491 e. The number of rotatable bonds is 11. The van der Waals surface area contributed by atoms with Gasteiger partial charge >= 0.3 is 0 Å². The first-order valence-corrected chi connectivity index (χ1v) is 21.9. The fourth-order valence-electron chi connectivity index (χ4n) is 3.36. The van der Waals surface area contributed by atoms with Crippen LogP contribution in [-0.2, 0) is 0 Å². The third-order valence-corrected chi connectivity index (χ3v) is 11.8. The summed E-state index contributed by atoms with van der Waals surface area (Å²) in [6, 6.07) is 15.5. The summed E-state index contributed by atoms with van der Waals surface area (Å²) in [7, 11) is 0. The number of halogens is 12. The Morgan fingerprint density at radius 1 is 0.289 bits per heavy atom. The quantitative estimate of drug-likeness (QED) is 0.140. The topological polar surface area (TPSA) is 36.9 Å². The standard InChI is InChI=1S/C15H10Br6O2.C14H8Br6O2/c16-8-4-10(18)14(11(19)5-8)22-2-1-3-23-15-12(20)6-9(17)7-13(15)21;15-7-3-9(17)13(10(18)4-7)21-1-2-22-14-11(19)5-8(16)6-12(14)20/h4-7H,1-3H2;3-6H,1-2H2. The molecule has 0 atom stereocenters. The van der Waals surface area contributed by atoms with Crippen LogP contribution in [0.15, 0.2) is 102 Å². The maximum Gasteiger partial charge on any atom is 0.147 e. The van der Waals surface area contributed by atoms with Gasteiger partial charge in [0.2, 0.25) is 0 Å². The zero-order chi connectivity index (χ0) is 33.3. The van der Waals surface area contributed by atoms with Gasteiger partial charge in [-0.2, -0.15) is 0 Å². The van der Waals surface area contributed by atoms with Gasteiger partial charge < -0.3 is 18.9 Å². The Morgan fingerprint density at radius 3 is 0.667 bits per heavy atom. The molecule has 0 aliphatic carbocycles. The summed E-state index contributed by atoms with van der Waals surface area (Å²) in [5.41, 5.74) is 0. The van der Waals surface area contributed by atoms with Crippen molar-refractivity contribution in [2.45, 2.75) is 6.42 Å². The van der Waals surface area contributed by atoms with E-state index in [4.69, 9.17) is 18.9 Å². The highest BCUT2D eigenvalue weighted by molar-refractivity contribution is 9.13. The molecule has 0 saturated carbocycles. The Balaban J connectivity index is 0.000000246. The highest BCUT2D eigenvalue weighted by Gasteiger charge is 2.12. The van der Waals surface area contributed by atoms with Gasteiger partial charge in [0.25, 0.3) is 0 Å². The van der Waals surface area contributed by atoms with Gasteiger partial charge in [-0.25, -0.2) is 0 Å². The molecule has 0 saturated heterocycles. The first-order valence-electron chi connectivity index (χ1n) is 12.4. The van der Waals surface area contributed by atoms with E-state index in [2.05, 4.69) is 191 Å². The summed E-state index contributed by atoms with van der Waals surface area (Å²) < 4.78 is 34.2. The maximum atomic E-state index is 5.81. The molecule has 0 unspecified atom stereocenters. The fraction of sp³-hybridized carbons (Fsp3) is 0.172. The Morgan fingerprint density at radius 2 is 0.467 bits per heavy atom. The van der Waals surface area contributed by atoms with E-state index in [1.54, 1.807) is 0 Å². The van der Waals surface area contributed by atoms with Crippen LogP contribution in [0.1, 0.15) is 6.42 Å². The van der Waals surface area contributed by atoms with E-state index in [1.807, 2.05) is 48.5 Å². The second kappa shape index (κ2) is 20.6. The molecular weight excluding hydrogens is 1370 g/mol. The Labute approximate surface area is 362 Å². The van der Waals surface area contributed by atoms with Gasteiger partial charge in [-0.15, -0.1) is 0 Å². The van der Waals surface area contributed by atoms with Crippen molar-refractivity contribution in [3.8, 4) is 23.0 Å². The normalized spacial score (nSPS) is 10.7. The van der Waals surface area contributed by atoms with Crippen LogP contribution in [0.25, 0.3) is 0 Å². The average Bonchev–Trinajstić information content (AvgIpc) is 2.91. The van der Waals surface area contributed by atoms with Crippen molar-refractivity contribution in [2.24, 2.45) is 0 Å². The van der Waals surface area contributed by atoms with Crippen molar-refractivity contribution in [2.75, 3.05) is 26.4 Å². The third kappa shape index (κ3) is 13.5. The van der Waals surface area contributed by atoms with Crippen LogP contribution in [0, 0.1) is 0 Å². The molecule has 4 nitrogen and oxygen atoms in total. The minimum atomic E-state index is 0.424. The lowest BCUT2D eigenvalue weighted by molar-refractivity contribution is 0.214. The van der Waals surface area contributed by atoms with Crippen LogP contribution in [0.2, 0.25) is 0 Å². The van der Waals surface area contributed by atoms with E-state index in [-0.39, 0.29) is 0 Å². The van der Waals surface area contributed by atoms with Crippen molar-refractivity contribution < 1.29 is 18.9 Å². The zero-order valence-electron chi connectivity index (χ0n) is 22.3. The summed E-state index contributed by atoms with van der Waals surface area (Å²) in [5, 5.41) is 0. The summed E-state index contributed by atoms with van der Waals surface area (Å²) in [6.07, 6.45) is 0.768. The monoisotopic (exact) mass is 1380 g/mol. The molecule has 16 heteroatoms. The Kier molecular flexibility index (Phi) is 18.9. The molecule has 0 fully saturated rings. The molecule has 4 rings (SSSR count). The molecule has 0 N–H and O–H groups in total. The molecule has 0 spiro atoms. The van der Waals surface area contributed by atoms with Crippen LogP contribution in [0.4, 0.5) is 0 Å². The van der Waals surface area contributed by atoms with Gasteiger partial charge in [-0.3, -0.25) is 0 Å². The van der Waals surface area contributed by atoms with Crippen molar-refractivity contribution in [1.82, 2.24) is 0 Å².